The minimum atomic E-state index is -4.20. The number of nitrogens with one attached hydrogen (secondary N) is 2. The van der Waals surface area contributed by atoms with E-state index >= 15 is 0 Å². The number of rotatable bonds is 10. The number of hydrogen-bond donors (Lipinski definition) is 5. The number of carbonyl (C=O) groups is 1. The number of para-hydroxylation sites is 1. The summed E-state index contributed by atoms with van der Waals surface area (Å²) in [5.74, 6) is -0.208. The van der Waals surface area contributed by atoms with Crippen molar-refractivity contribution < 1.29 is 43.3 Å². The zero-order valence-electron chi connectivity index (χ0n) is 20.1. The Kier molecular flexibility index (Phi) is 8.90. The topological polar surface area (TPSA) is 171 Å². The summed E-state index contributed by atoms with van der Waals surface area (Å²) in [7, 11) is -4.20. The van der Waals surface area contributed by atoms with Crippen LogP contribution in [0.25, 0.3) is 0 Å². The van der Waals surface area contributed by atoms with Crippen LogP contribution in [0, 0.1) is 0 Å². The van der Waals surface area contributed by atoms with Crippen LogP contribution in [0.2, 0.25) is 0 Å². The predicted octanol–water partition coefficient (Wildman–Crippen LogP) is 1.25. The molecule has 0 radical (unpaired) electrons. The van der Waals surface area contributed by atoms with Gasteiger partial charge >= 0.3 is 13.7 Å². The predicted molar refractivity (Wildman–Crippen MR) is 128 cm³/mol. The lowest BCUT2D eigenvalue weighted by Crippen LogP contribution is -2.51. The summed E-state index contributed by atoms with van der Waals surface area (Å²) >= 11 is 0. The Morgan fingerprint density at radius 1 is 1.39 bits per heavy atom. The number of nitrogens with zero attached hydrogens (tertiary/aromatic N) is 2. The third kappa shape index (κ3) is 6.31. The van der Waals surface area contributed by atoms with Gasteiger partial charge in [-0.25, -0.2) is 9.56 Å². The summed E-state index contributed by atoms with van der Waals surface area (Å²) in [4.78, 5) is 17.5. The molecule has 0 aromatic heterocycles. The summed E-state index contributed by atoms with van der Waals surface area (Å²) in [6.45, 7) is 7.85. The van der Waals surface area contributed by atoms with Crippen LogP contribution < -0.4 is 15.1 Å². The van der Waals surface area contributed by atoms with Crippen molar-refractivity contribution in [1.29, 1.82) is 0 Å². The normalized spacial score (nSPS) is 28.3. The summed E-state index contributed by atoms with van der Waals surface area (Å²) in [5, 5.41) is 33.3. The second-order valence-electron chi connectivity index (χ2n) is 8.25. The standard InChI is InChI=1S/C22H31N4O9P/c1-5-32-20(28)14(2)25-36(31,35-16-9-7-6-8-10-16)33-13-17-19(27)22(4,29)21(34-17)26-12-11-18(24-30)23-15(26)3/h6-12,14,17,19,21,27,29-30H,3,5,13H2,1-2,4H3,(H,23,24)(H,25,31)/t14-,17+,19?,21+,22+,36?/m0/s1. The minimum Gasteiger partial charge on any atom is -0.465 e. The fourth-order valence-electron chi connectivity index (χ4n) is 3.56. The summed E-state index contributed by atoms with van der Waals surface area (Å²) in [5.41, 5.74) is 0.0675. The molecule has 2 aliphatic heterocycles. The van der Waals surface area contributed by atoms with Crippen LogP contribution in [-0.2, 0) is 23.4 Å². The van der Waals surface area contributed by atoms with E-state index in [9.17, 15) is 19.6 Å². The summed E-state index contributed by atoms with van der Waals surface area (Å²) in [6.07, 6.45) is -0.908. The zero-order valence-corrected chi connectivity index (χ0v) is 21.0. The van der Waals surface area contributed by atoms with E-state index in [2.05, 4.69) is 16.7 Å². The maximum Gasteiger partial charge on any atom is 0.459 e. The molecule has 1 aromatic rings. The number of benzene rings is 1. The fraction of sp³-hybridized carbons (Fsp3) is 0.455. The third-order valence-corrected chi connectivity index (χ3v) is 7.08. The number of hydroxylamine groups is 1. The van der Waals surface area contributed by atoms with Crippen molar-refractivity contribution in [2.45, 2.75) is 50.8 Å². The average Bonchev–Trinajstić information content (AvgIpc) is 3.06. The van der Waals surface area contributed by atoms with Gasteiger partial charge in [-0.15, -0.1) is 0 Å². The number of aliphatic hydroxyl groups is 2. The molecule has 2 heterocycles. The highest BCUT2D eigenvalue weighted by Crippen LogP contribution is 2.46. The molecule has 0 spiro atoms. The van der Waals surface area contributed by atoms with Crippen LogP contribution in [0.5, 0.6) is 5.75 Å². The van der Waals surface area contributed by atoms with Crippen LogP contribution in [-0.4, -0.2) is 75.4 Å². The molecule has 13 nitrogen and oxygen atoms in total. The number of hydrogen-bond acceptors (Lipinski definition) is 12. The third-order valence-electron chi connectivity index (χ3n) is 5.43. The molecule has 2 aliphatic rings. The SMILES string of the molecule is C=C1N=C(NO)C=CN1[C@@H]1O[C@H](COP(=O)(N[C@@H](C)C(=O)OCC)Oc2ccccc2)C(O)[C@@]1(C)O. The monoisotopic (exact) mass is 526 g/mol. The van der Waals surface area contributed by atoms with Crippen molar-refractivity contribution in [3.63, 3.8) is 0 Å². The summed E-state index contributed by atoms with van der Waals surface area (Å²) < 4.78 is 35.5. The fourth-order valence-corrected chi connectivity index (χ4v) is 5.07. The Morgan fingerprint density at radius 2 is 2.08 bits per heavy atom. The van der Waals surface area contributed by atoms with E-state index in [0.29, 0.717) is 0 Å². The van der Waals surface area contributed by atoms with E-state index in [1.54, 1.807) is 37.3 Å². The van der Waals surface area contributed by atoms with Crippen molar-refractivity contribution in [3.05, 3.63) is 55.0 Å². The van der Waals surface area contributed by atoms with Gasteiger partial charge in [0.25, 0.3) is 0 Å². The molecule has 2 unspecified atom stereocenters. The van der Waals surface area contributed by atoms with E-state index < -0.39 is 50.4 Å². The molecule has 0 saturated carbocycles. The largest absolute Gasteiger partial charge is 0.465 e. The quantitative estimate of drug-likeness (QED) is 0.168. The van der Waals surface area contributed by atoms with E-state index in [1.165, 1.54) is 31.0 Å². The second kappa shape index (κ2) is 11.5. The van der Waals surface area contributed by atoms with E-state index in [-0.39, 0.29) is 24.0 Å². The van der Waals surface area contributed by atoms with Crippen LogP contribution in [0.4, 0.5) is 0 Å². The van der Waals surface area contributed by atoms with Crippen molar-refractivity contribution in [2.24, 2.45) is 4.99 Å². The number of amidine groups is 1. The smallest absolute Gasteiger partial charge is 0.459 e. The van der Waals surface area contributed by atoms with Crippen molar-refractivity contribution in [2.75, 3.05) is 13.2 Å². The first-order valence-corrected chi connectivity index (χ1v) is 12.7. The molecular weight excluding hydrogens is 495 g/mol. The van der Waals surface area contributed by atoms with E-state index in [0.717, 1.165) is 0 Å². The molecule has 1 aromatic carbocycles. The number of carbonyl (C=O) groups excluding carboxylic acids is 1. The van der Waals surface area contributed by atoms with Gasteiger partial charge in [0.1, 0.15) is 35.4 Å². The van der Waals surface area contributed by atoms with Gasteiger partial charge in [-0.1, -0.05) is 24.8 Å². The number of ether oxygens (including phenoxy) is 2. The highest BCUT2D eigenvalue weighted by Gasteiger charge is 2.55. The molecule has 36 heavy (non-hydrogen) atoms. The summed E-state index contributed by atoms with van der Waals surface area (Å²) in [6, 6.07) is 7.14. The molecule has 0 aliphatic carbocycles. The van der Waals surface area contributed by atoms with Gasteiger partial charge in [-0.3, -0.25) is 20.0 Å². The molecule has 1 saturated heterocycles. The molecule has 1 fully saturated rings. The molecule has 0 bridgehead atoms. The van der Waals surface area contributed by atoms with Crippen LogP contribution >= 0.6 is 7.75 Å². The van der Waals surface area contributed by atoms with Crippen molar-refractivity contribution in [3.8, 4) is 5.75 Å². The van der Waals surface area contributed by atoms with Gasteiger partial charge < -0.3 is 29.1 Å². The Labute approximate surface area is 208 Å². The van der Waals surface area contributed by atoms with Crippen molar-refractivity contribution >= 4 is 19.6 Å². The van der Waals surface area contributed by atoms with Crippen LogP contribution in [0.15, 0.2) is 60.0 Å². The molecule has 3 rings (SSSR count). The molecular formula is C22H31N4O9P. The molecule has 5 N–H and O–H groups in total. The van der Waals surface area contributed by atoms with Gasteiger partial charge in [0.15, 0.2) is 12.1 Å². The van der Waals surface area contributed by atoms with Gasteiger partial charge in [0, 0.05) is 6.20 Å². The second-order valence-corrected chi connectivity index (χ2v) is 9.94. The minimum absolute atomic E-state index is 0.120. The first-order valence-electron chi connectivity index (χ1n) is 11.1. The van der Waals surface area contributed by atoms with Gasteiger partial charge in [0.2, 0.25) is 0 Å². The van der Waals surface area contributed by atoms with Crippen LogP contribution in [0.1, 0.15) is 20.8 Å². The van der Waals surface area contributed by atoms with E-state index in [4.69, 9.17) is 23.7 Å². The highest BCUT2D eigenvalue weighted by atomic mass is 31.2. The van der Waals surface area contributed by atoms with Crippen molar-refractivity contribution in [1.82, 2.24) is 15.5 Å². The Balaban J connectivity index is 1.75. The van der Waals surface area contributed by atoms with Crippen LogP contribution in [0.3, 0.4) is 0 Å². The molecule has 6 atom stereocenters. The van der Waals surface area contributed by atoms with Gasteiger partial charge in [-0.05, 0) is 39.0 Å². The first-order chi connectivity index (χ1) is 17.0. The number of aliphatic imine (C=N–C) groups is 1. The Bertz CT molecular complexity index is 1050. The highest BCUT2D eigenvalue weighted by molar-refractivity contribution is 7.52. The lowest BCUT2D eigenvalue weighted by molar-refractivity contribution is -0.144. The molecule has 0 amide bonds. The Hall–Kier alpha value is -2.77. The lowest BCUT2D eigenvalue weighted by Gasteiger charge is -2.35. The Morgan fingerprint density at radius 3 is 2.69 bits per heavy atom. The number of esters is 1. The van der Waals surface area contributed by atoms with Gasteiger partial charge in [0.05, 0.1) is 13.2 Å². The average molecular weight is 526 g/mol. The zero-order chi connectivity index (χ0) is 26.5. The molecule has 14 heteroatoms. The van der Waals surface area contributed by atoms with E-state index in [1.807, 2.05) is 5.48 Å². The molecule has 198 valence electrons. The number of aliphatic hydroxyl groups excluding tert-OH is 1. The maximum absolute atomic E-state index is 13.6. The first kappa shape index (κ1) is 27.8. The maximum atomic E-state index is 13.6. The van der Waals surface area contributed by atoms with Gasteiger partial charge in [-0.2, -0.15) is 5.09 Å². The lowest BCUT2D eigenvalue weighted by atomic mass is 9.96.